The van der Waals surface area contributed by atoms with Crippen molar-refractivity contribution in [3.63, 3.8) is 0 Å². The van der Waals surface area contributed by atoms with E-state index >= 15 is 0 Å². The number of nitrogens with zero attached hydrogens (tertiary/aromatic N) is 3. The summed E-state index contributed by atoms with van der Waals surface area (Å²) in [6, 6.07) is -0.957. The molecule has 3 aliphatic rings. The van der Waals surface area contributed by atoms with Gasteiger partial charge in [0.1, 0.15) is 29.1 Å². The lowest BCUT2D eigenvalue weighted by Gasteiger charge is -2.53. The van der Waals surface area contributed by atoms with Crippen molar-refractivity contribution in [2.75, 3.05) is 24.6 Å². The number of thiazole rings is 1. The molecule has 1 aromatic heterocycles. The smallest absolute Gasteiger partial charge is 0.404 e. The number of carbonyl (C=O) groups excluding carboxylic acids is 5. The molecule has 1 aromatic rings. The number of aromatic nitrogens is 1. The summed E-state index contributed by atoms with van der Waals surface area (Å²) in [5.41, 5.74) is 8.88. The third-order valence-electron chi connectivity index (χ3n) is 7.39. The Labute approximate surface area is 255 Å². The first-order valence-electron chi connectivity index (χ1n) is 13.7. The summed E-state index contributed by atoms with van der Waals surface area (Å²) in [5, 5.41) is 16.0. The van der Waals surface area contributed by atoms with Gasteiger partial charge in [-0.3, -0.25) is 19.2 Å². The highest BCUT2D eigenvalue weighted by Gasteiger charge is 2.57. The number of ether oxygens (including phenoxy) is 3. The van der Waals surface area contributed by atoms with Gasteiger partial charge in [-0.05, 0) is 24.8 Å². The molecule has 4 atom stereocenters. The average Bonchev–Trinajstić information content (AvgIpc) is 3.40. The Kier molecular flexibility index (Phi) is 10.5. The summed E-state index contributed by atoms with van der Waals surface area (Å²) < 4.78 is 15.6. The molecule has 17 heteroatoms. The van der Waals surface area contributed by atoms with Crippen LogP contribution in [0.4, 0.5) is 9.93 Å². The van der Waals surface area contributed by atoms with E-state index in [1.807, 2.05) is 0 Å². The van der Waals surface area contributed by atoms with Crippen LogP contribution in [0.25, 0.3) is 0 Å². The quantitative estimate of drug-likeness (QED) is 0.0512. The molecule has 0 radical (unpaired) electrons. The van der Waals surface area contributed by atoms with Crippen LogP contribution in [0, 0.1) is 11.3 Å². The van der Waals surface area contributed by atoms with Gasteiger partial charge in [-0.25, -0.2) is 9.78 Å². The second kappa shape index (κ2) is 14.1. The van der Waals surface area contributed by atoms with Gasteiger partial charge in [0.05, 0.1) is 0 Å². The van der Waals surface area contributed by atoms with Gasteiger partial charge in [-0.1, -0.05) is 30.5 Å². The second-order valence-corrected chi connectivity index (χ2v) is 12.5. The molecule has 3 fully saturated rings. The van der Waals surface area contributed by atoms with Crippen LogP contribution < -0.4 is 16.8 Å². The summed E-state index contributed by atoms with van der Waals surface area (Å²) in [7, 11) is 0. The number of nitrogen functional groups attached to an aromatic ring is 1. The highest BCUT2D eigenvalue weighted by Crippen LogP contribution is 2.43. The Morgan fingerprint density at radius 1 is 1.28 bits per heavy atom. The van der Waals surface area contributed by atoms with Gasteiger partial charge in [0.15, 0.2) is 10.8 Å². The number of nitrogens with two attached hydrogens (primary N) is 2. The molecule has 0 bridgehead atoms. The number of fused-ring (bicyclic) bond motifs is 1. The molecule has 234 valence electrons. The van der Waals surface area contributed by atoms with E-state index in [0.29, 0.717) is 0 Å². The predicted octanol–water partition coefficient (Wildman–Crippen LogP) is 1.34. The maximum atomic E-state index is 13.5. The number of carbonyl (C=O) groups is 5. The van der Waals surface area contributed by atoms with Gasteiger partial charge >= 0.3 is 18.0 Å². The molecule has 6 N–H and O–H groups in total. The number of β-lactam (4-membered cyclic amide) rings is 1. The molecule has 1 saturated carbocycles. The number of hydrogen-bond acceptors (Lipinski definition) is 14. The largest absolute Gasteiger partial charge is 0.445 e. The maximum absolute atomic E-state index is 13.5. The fourth-order valence-corrected chi connectivity index (χ4v) is 7.32. The van der Waals surface area contributed by atoms with Crippen molar-refractivity contribution < 1.29 is 43.4 Å². The van der Waals surface area contributed by atoms with Crippen LogP contribution in [-0.2, 0) is 33.4 Å². The number of amides is 3. The normalized spacial score (nSPS) is 24.9. The van der Waals surface area contributed by atoms with E-state index in [-0.39, 0.29) is 42.1 Å². The molecule has 4 rings (SSSR count). The zero-order chi connectivity index (χ0) is 31.1. The fourth-order valence-electron chi connectivity index (χ4n) is 5.26. The van der Waals surface area contributed by atoms with Crippen LogP contribution in [0.3, 0.4) is 0 Å². The molecule has 1 aliphatic carbocycles. The van der Waals surface area contributed by atoms with Crippen LogP contribution in [0.5, 0.6) is 0 Å². The standard InChI is InChI=1S/C26H34N6O9S2/c1-14(40-17(33)10-15-6-3-2-4-7-15)41-23(36)26(8-5-9-39-25(28)37)12-32-21(35)19(22(32)43-13-26)30-20(34)18(31-38)16-11-42-24(27)29-16/h5,8,11,14-15,19,22,38H,2-4,6-7,9-10,12-13H2,1H3,(H2,27,29)(H2,28,37)(H,30,34)/t14?,19?,22-,26?/m1/s1. The van der Waals surface area contributed by atoms with Crippen LogP contribution >= 0.6 is 23.1 Å². The Morgan fingerprint density at radius 3 is 2.67 bits per heavy atom. The molecule has 43 heavy (non-hydrogen) atoms. The molecular weight excluding hydrogens is 604 g/mol. The van der Waals surface area contributed by atoms with E-state index in [4.69, 9.17) is 25.7 Å². The first kappa shape index (κ1) is 32.1. The average molecular weight is 639 g/mol. The molecule has 3 amide bonds. The van der Waals surface area contributed by atoms with Gasteiger partial charge in [0, 0.05) is 31.0 Å². The zero-order valence-corrected chi connectivity index (χ0v) is 25.1. The summed E-state index contributed by atoms with van der Waals surface area (Å²) in [5.74, 6) is -2.14. The number of anilines is 1. The minimum absolute atomic E-state index is 0.0565. The molecule has 2 aliphatic heterocycles. The topological polar surface area (TPSA) is 226 Å². The molecule has 0 aromatic carbocycles. The third-order valence-corrected chi connectivity index (χ3v) is 9.61. The SMILES string of the molecule is CC(OC(=O)CC1CCCCC1)OC(=O)C1(C=CCOC(N)=O)CS[C@@H]2C(NC(=O)C(=NO)c3csc(N)n3)C(=O)N2C1. The first-order valence-corrected chi connectivity index (χ1v) is 15.6. The van der Waals surface area contributed by atoms with Crippen molar-refractivity contribution in [3.8, 4) is 0 Å². The van der Waals surface area contributed by atoms with Crippen molar-refractivity contribution in [2.45, 2.75) is 63.2 Å². The molecule has 3 heterocycles. The highest BCUT2D eigenvalue weighted by atomic mass is 32.2. The first-order chi connectivity index (χ1) is 20.5. The van der Waals surface area contributed by atoms with Crippen LogP contribution in [-0.4, -0.2) is 87.3 Å². The van der Waals surface area contributed by atoms with E-state index < -0.39 is 58.7 Å². The fraction of sp³-hybridized carbons (Fsp3) is 0.577. The number of thioether (sulfide) groups is 1. The summed E-state index contributed by atoms with van der Waals surface area (Å²) >= 11 is 2.26. The van der Waals surface area contributed by atoms with Gasteiger partial charge in [-0.15, -0.1) is 23.1 Å². The number of esters is 2. The van der Waals surface area contributed by atoms with E-state index in [1.165, 1.54) is 41.1 Å². The lowest BCUT2D eigenvalue weighted by Crippen LogP contribution is -2.74. The van der Waals surface area contributed by atoms with Crippen LogP contribution in [0.1, 0.15) is 51.1 Å². The maximum Gasteiger partial charge on any atom is 0.404 e. The number of hydrogen-bond donors (Lipinski definition) is 4. The van der Waals surface area contributed by atoms with E-state index in [9.17, 15) is 29.2 Å². The summed E-state index contributed by atoms with van der Waals surface area (Å²) in [6.45, 7) is 1.11. The van der Waals surface area contributed by atoms with Gasteiger partial charge in [0.25, 0.3) is 5.91 Å². The van der Waals surface area contributed by atoms with Crippen molar-refractivity contribution in [3.05, 3.63) is 23.2 Å². The number of rotatable bonds is 11. The van der Waals surface area contributed by atoms with Crippen LogP contribution in [0.15, 0.2) is 22.7 Å². The van der Waals surface area contributed by atoms with Gasteiger partial charge < -0.3 is 41.1 Å². The highest BCUT2D eigenvalue weighted by molar-refractivity contribution is 8.00. The van der Waals surface area contributed by atoms with Gasteiger partial charge in [0.2, 0.25) is 12.2 Å². The monoisotopic (exact) mass is 638 g/mol. The van der Waals surface area contributed by atoms with E-state index in [0.717, 1.165) is 43.4 Å². The summed E-state index contributed by atoms with van der Waals surface area (Å²) in [4.78, 5) is 68.1. The lowest BCUT2D eigenvalue weighted by atomic mass is 9.86. The second-order valence-electron chi connectivity index (χ2n) is 10.5. The van der Waals surface area contributed by atoms with Crippen molar-refractivity contribution >= 4 is 63.8 Å². The van der Waals surface area contributed by atoms with Crippen molar-refractivity contribution in [1.29, 1.82) is 0 Å². The molecule has 15 nitrogen and oxygen atoms in total. The number of primary amides is 1. The van der Waals surface area contributed by atoms with E-state index in [2.05, 4.69) is 15.5 Å². The molecular formula is C26H34N6O9S2. The van der Waals surface area contributed by atoms with Gasteiger partial charge in [-0.2, -0.15) is 0 Å². The number of oxime groups is 1. The predicted molar refractivity (Wildman–Crippen MR) is 155 cm³/mol. The molecule has 3 unspecified atom stereocenters. The minimum atomic E-state index is -1.38. The van der Waals surface area contributed by atoms with Crippen molar-refractivity contribution in [2.24, 2.45) is 22.2 Å². The third kappa shape index (κ3) is 7.76. The Morgan fingerprint density at radius 2 is 2.02 bits per heavy atom. The minimum Gasteiger partial charge on any atom is -0.445 e. The van der Waals surface area contributed by atoms with Crippen molar-refractivity contribution in [1.82, 2.24) is 15.2 Å². The number of nitrogens with one attached hydrogen (secondary N) is 1. The Bertz CT molecular complexity index is 1300. The zero-order valence-electron chi connectivity index (χ0n) is 23.4. The lowest BCUT2D eigenvalue weighted by molar-refractivity contribution is -0.191. The summed E-state index contributed by atoms with van der Waals surface area (Å²) in [6.07, 6.45) is 6.20. The Balaban J connectivity index is 1.40. The van der Waals surface area contributed by atoms with E-state index in [1.54, 1.807) is 0 Å². The Hall–Kier alpha value is -3.86. The van der Waals surface area contributed by atoms with Crippen LogP contribution in [0.2, 0.25) is 0 Å². The molecule has 2 saturated heterocycles. The molecule has 0 spiro atoms.